The fourth-order valence-electron chi connectivity index (χ4n) is 2.24. The zero-order chi connectivity index (χ0) is 14.6. The molecule has 0 saturated carbocycles. The molecular weight excluding hydrogens is 280 g/mol. The van der Waals surface area contributed by atoms with Crippen LogP contribution in [0.25, 0.3) is 0 Å². The van der Waals surface area contributed by atoms with Gasteiger partial charge in [-0.05, 0) is 7.05 Å². The highest BCUT2D eigenvalue weighted by atomic mass is 32.2. The van der Waals surface area contributed by atoms with Crippen LogP contribution in [0.4, 0.5) is 0 Å². The van der Waals surface area contributed by atoms with E-state index in [0.29, 0.717) is 19.6 Å². The van der Waals surface area contributed by atoms with Gasteiger partial charge in [0.1, 0.15) is 0 Å². The maximum Gasteiger partial charge on any atom is 0.211 e. The van der Waals surface area contributed by atoms with Gasteiger partial charge in [0.2, 0.25) is 10.0 Å². The molecule has 1 fully saturated rings. The van der Waals surface area contributed by atoms with Crippen LogP contribution in [0, 0.1) is 0 Å². The van der Waals surface area contributed by atoms with Crippen LogP contribution in [0.1, 0.15) is 5.69 Å². The molecule has 2 rings (SSSR count). The quantitative estimate of drug-likeness (QED) is 0.694. The molecule has 0 aromatic carbocycles. The van der Waals surface area contributed by atoms with E-state index in [0.717, 1.165) is 31.9 Å². The summed E-state index contributed by atoms with van der Waals surface area (Å²) in [7, 11) is -1.17. The Morgan fingerprint density at radius 3 is 2.55 bits per heavy atom. The normalized spacial score (nSPS) is 18.5. The van der Waals surface area contributed by atoms with Crippen molar-refractivity contribution in [3.05, 3.63) is 11.9 Å². The molecule has 1 aliphatic heterocycles. The molecule has 20 heavy (non-hydrogen) atoms. The van der Waals surface area contributed by atoms with Crippen LogP contribution in [-0.2, 0) is 23.1 Å². The first-order valence-corrected chi connectivity index (χ1v) is 8.55. The van der Waals surface area contributed by atoms with Crippen molar-refractivity contribution in [1.82, 2.24) is 29.5 Å². The minimum Gasteiger partial charge on any atom is -0.314 e. The molecule has 0 amide bonds. The topological polar surface area (TPSA) is 83.4 Å². The lowest BCUT2D eigenvalue weighted by Crippen LogP contribution is -2.48. The Morgan fingerprint density at radius 2 is 1.95 bits per heavy atom. The Balaban J connectivity index is 1.75. The van der Waals surface area contributed by atoms with Crippen molar-refractivity contribution < 1.29 is 8.42 Å². The SMILES string of the molecule is CNCc1cn(CCN2CCN(S(C)(=O)=O)CC2)nn1. The molecule has 1 aromatic rings. The summed E-state index contributed by atoms with van der Waals surface area (Å²) in [5, 5.41) is 11.2. The first-order chi connectivity index (χ1) is 9.49. The van der Waals surface area contributed by atoms with Crippen molar-refractivity contribution >= 4 is 10.0 Å². The van der Waals surface area contributed by atoms with Crippen molar-refractivity contribution in [2.45, 2.75) is 13.1 Å². The minimum absolute atomic E-state index is 0.571. The van der Waals surface area contributed by atoms with E-state index in [9.17, 15) is 8.42 Å². The number of hydrogen-bond acceptors (Lipinski definition) is 6. The molecule has 0 unspecified atom stereocenters. The van der Waals surface area contributed by atoms with Gasteiger partial charge in [-0.2, -0.15) is 4.31 Å². The van der Waals surface area contributed by atoms with Gasteiger partial charge in [-0.1, -0.05) is 5.21 Å². The van der Waals surface area contributed by atoms with E-state index in [-0.39, 0.29) is 0 Å². The number of hydrogen-bond donors (Lipinski definition) is 1. The van der Waals surface area contributed by atoms with Crippen LogP contribution in [0.3, 0.4) is 0 Å². The Bertz CT molecular complexity index is 521. The molecule has 1 aromatic heterocycles. The van der Waals surface area contributed by atoms with E-state index in [1.54, 1.807) is 0 Å². The zero-order valence-corrected chi connectivity index (χ0v) is 12.8. The lowest BCUT2D eigenvalue weighted by Gasteiger charge is -2.33. The highest BCUT2D eigenvalue weighted by molar-refractivity contribution is 7.88. The van der Waals surface area contributed by atoms with Crippen molar-refractivity contribution in [3.63, 3.8) is 0 Å². The summed E-state index contributed by atoms with van der Waals surface area (Å²) in [4.78, 5) is 2.25. The number of piperazine rings is 1. The predicted octanol–water partition coefficient (Wildman–Crippen LogP) is -1.43. The molecular formula is C11H22N6O2S. The van der Waals surface area contributed by atoms with Gasteiger partial charge in [0.25, 0.3) is 0 Å². The average molecular weight is 302 g/mol. The lowest BCUT2D eigenvalue weighted by atomic mass is 10.3. The second kappa shape index (κ2) is 6.61. The second-order valence-corrected chi connectivity index (χ2v) is 6.99. The number of nitrogens with zero attached hydrogens (tertiary/aromatic N) is 5. The molecule has 0 radical (unpaired) electrons. The summed E-state index contributed by atoms with van der Waals surface area (Å²) in [6, 6.07) is 0. The van der Waals surface area contributed by atoms with E-state index < -0.39 is 10.0 Å². The molecule has 114 valence electrons. The fourth-order valence-corrected chi connectivity index (χ4v) is 3.07. The maximum absolute atomic E-state index is 11.4. The lowest BCUT2D eigenvalue weighted by molar-refractivity contribution is 0.181. The van der Waals surface area contributed by atoms with E-state index in [1.165, 1.54) is 10.6 Å². The fraction of sp³-hybridized carbons (Fsp3) is 0.818. The van der Waals surface area contributed by atoms with Crippen LogP contribution in [0.15, 0.2) is 6.20 Å². The van der Waals surface area contributed by atoms with Crippen LogP contribution in [0.5, 0.6) is 0 Å². The molecule has 2 heterocycles. The number of aromatic nitrogens is 3. The first kappa shape index (κ1) is 15.4. The van der Waals surface area contributed by atoms with E-state index in [2.05, 4.69) is 20.5 Å². The molecule has 0 spiro atoms. The molecule has 0 bridgehead atoms. The van der Waals surface area contributed by atoms with E-state index >= 15 is 0 Å². The summed E-state index contributed by atoms with van der Waals surface area (Å²) in [5.74, 6) is 0. The molecule has 1 aliphatic rings. The van der Waals surface area contributed by atoms with Crippen molar-refractivity contribution in [3.8, 4) is 0 Å². The predicted molar refractivity (Wildman–Crippen MR) is 75.6 cm³/mol. The van der Waals surface area contributed by atoms with Crippen molar-refractivity contribution in [2.24, 2.45) is 0 Å². The third-order valence-electron chi connectivity index (χ3n) is 3.39. The first-order valence-electron chi connectivity index (χ1n) is 6.70. The molecule has 0 atom stereocenters. The van der Waals surface area contributed by atoms with Crippen LogP contribution < -0.4 is 5.32 Å². The Morgan fingerprint density at radius 1 is 1.25 bits per heavy atom. The summed E-state index contributed by atoms with van der Waals surface area (Å²) in [6.07, 6.45) is 3.20. The largest absolute Gasteiger partial charge is 0.314 e. The Hall–Kier alpha value is -1.03. The Kier molecular flexibility index (Phi) is 5.08. The van der Waals surface area contributed by atoms with Gasteiger partial charge in [0, 0.05) is 45.5 Å². The molecule has 1 saturated heterocycles. The summed E-state index contributed by atoms with van der Waals surface area (Å²) in [6.45, 7) is 5.03. The van der Waals surface area contributed by atoms with Gasteiger partial charge in [-0.3, -0.25) is 9.58 Å². The van der Waals surface area contributed by atoms with Crippen molar-refractivity contribution in [2.75, 3.05) is 46.0 Å². The van der Waals surface area contributed by atoms with E-state index in [1.807, 2.05) is 17.9 Å². The van der Waals surface area contributed by atoms with Crippen molar-refractivity contribution in [1.29, 1.82) is 0 Å². The van der Waals surface area contributed by atoms with Gasteiger partial charge in [-0.25, -0.2) is 8.42 Å². The van der Waals surface area contributed by atoms with Crippen LogP contribution in [-0.4, -0.2) is 78.6 Å². The van der Waals surface area contributed by atoms with Gasteiger partial charge < -0.3 is 5.32 Å². The highest BCUT2D eigenvalue weighted by Gasteiger charge is 2.22. The third kappa shape index (κ3) is 4.23. The maximum atomic E-state index is 11.4. The molecule has 0 aliphatic carbocycles. The standard InChI is InChI=1S/C11H22N6O2S/c1-12-9-11-10-16(14-13-11)6-3-15-4-7-17(8-5-15)20(2,18)19/h10,12H,3-9H2,1-2H3. The average Bonchev–Trinajstić information content (AvgIpc) is 2.84. The van der Waals surface area contributed by atoms with Gasteiger partial charge in [0.15, 0.2) is 0 Å². The zero-order valence-electron chi connectivity index (χ0n) is 12.0. The van der Waals surface area contributed by atoms with E-state index in [4.69, 9.17) is 0 Å². The molecule has 8 nitrogen and oxygen atoms in total. The summed E-state index contributed by atoms with van der Waals surface area (Å²) >= 11 is 0. The van der Waals surface area contributed by atoms with Gasteiger partial charge in [-0.15, -0.1) is 5.10 Å². The minimum atomic E-state index is -3.05. The summed E-state index contributed by atoms with van der Waals surface area (Å²) < 4.78 is 26.2. The number of nitrogens with one attached hydrogen (secondary N) is 1. The van der Waals surface area contributed by atoms with Crippen LogP contribution >= 0.6 is 0 Å². The number of rotatable bonds is 6. The van der Waals surface area contributed by atoms with Crippen LogP contribution in [0.2, 0.25) is 0 Å². The molecule has 9 heteroatoms. The molecule has 1 N–H and O–H groups in total. The summed E-state index contributed by atoms with van der Waals surface area (Å²) in [5.41, 5.74) is 0.925. The monoisotopic (exact) mass is 302 g/mol. The highest BCUT2D eigenvalue weighted by Crippen LogP contribution is 2.06. The second-order valence-electron chi connectivity index (χ2n) is 5.01. The third-order valence-corrected chi connectivity index (χ3v) is 4.69. The van der Waals surface area contributed by atoms with Gasteiger partial charge in [0.05, 0.1) is 18.5 Å². The smallest absolute Gasteiger partial charge is 0.211 e. The number of sulfonamides is 1. The Labute approximate surface area is 119 Å². The van der Waals surface area contributed by atoms with Gasteiger partial charge >= 0.3 is 0 Å².